The summed E-state index contributed by atoms with van der Waals surface area (Å²) in [6.45, 7) is 0.402. The summed E-state index contributed by atoms with van der Waals surface area (Å²) in [6, 6.07) is 4.13. The summed E-state index contributed by atoms with van der Waals surface area (Å²) in [4.78, 5) is 15.5. The van der Waals surface area contributed by atoms with Gasteiger partial charge in [0.15, 0.2) is 0 Å². The minimum absolute atomic E-state index is 0.0324. The summed E-state index contributed by atoms with van der Waals surface area (Å²) in [5.74, 6) is -0.227. The van der Waals surface area contributed by atoms with Gasteiger partial charge in [0.25, 0.3) is 0 Å². The molecule has 10 heteroatoms. The summed E-state index contributed by atoms with van der Waals surface area (Å²) in [6.07, 6.45) is 3.12. The lowest BCUT2D eigenvalue weighted by Crippen LogP contribution is -2.16. The number of halogens is 1. The summed E-state index contributed by atoms with van der Waals surface area (Å²) in [7, 11) is -3.77. The Labute approximate surface area is 129 Å². The number of carbonyl (C=O) groups excluding carboxylic acids is 1. The van der Waals surface area contributed by atoms with Crippen molar-refractivity contribution in [2.24, 2.45) is 5.14 Å². The Hall–Kier alpha value is -1.78. The number of hydrogen-bond acceptors (Lipinski definition) is 5. The normalized spacial score (nSPS) is 11.3. The number of amides is 1. The van der Waals surface area contributed by atoms with Crippen LogP contribution in [0, 0.1) is 0 Å². The third kappa shape index (κ3) is 4.34. The van der Waals surface area contributed by atoms with Crippen molar-refractivity contribution >= 4 is 37.5 Å². The minimum atomic E-state index is -3.77. The average Bonchev–Trinajstić information content (AvgIpc) is 2.91. The molecule has 2 aromatic rings. The van der Waals surface area contributed by atoms with Gasteiger partial charge in [-0.05, 0) is 34.1 Å². The molecule has 8 nitrogen and oxygen atoms in total. The first-order valence-electron chi connectivity index (χ1n) is 5.81. The van der Waals surface area contributed by atoms with Crippen molar-refractivity contribution in [2.75, 3.05) is 5.32 Å². The Balaban J connectivity index is 2.01. The topological polar surface area (TPSA) is 120 Å². The predicted octanol–water partition coefficient (Wildman–Crippen LogP) is 0.717. The fourth-order valence-electron chi connectivity index (χ4n) is 1.55. The van der Waals surface area contributed by atoms with Crippen LogP contribution in [-0.2, 0) is 21.4 Å². The van der Waals surface area contributed by atoms with E-state index in [1.807, 2.05) is 0 Å². The fourth-order valence-corrected chi connectivity index (χ4v) is 2.72. The number of nitrogens with one attached hydrogen (secondary N) is 1. The lowest BCUT2D eigenvalue weighted by molar-refractivity contribution is -0.116. The number of carbonyl (C=O) groups is 1. The molecule has 0 aliphatic rings. The average molecular weight is 374 g/mol. The second-order valence-corrected chi connectivity index (χ2v) is 6.56. The molecule has 0 fully saturated rings. The molecule has 1 aromatic heterocycles. The molecule has 0 atom stereocenters. The summed E-state index contributed by atoms with van der Waals surface area (Å²) < 4.78 is 24.4. The zero-order valence-electron chi connectivity index (χ0n) is 10.7. The molecule has 2 rings (SSSR count). The number of rotatable bonds is 5. The highest BCUT2D eigenvalue weighted by Gasteiger charge is 2.12. The molecule has 0 unspecified atom stereocenters. The zero-order valence-corrected chi connectivity index (χ0v) is 13.1. The van der Waals surface area contributed by atoms with Gasteiger partial charge in [-0.25, -0.2) is 18.5 Å². The molecule has 1 aromatic carbocycles. The van der Waals surface area contributed by atoms with Crippen LogP contribution in [0.5, 0.6) is 0 Å². The highest BCUT2D eigenvalue weighted by atomic mass is 79.9. The summed E-state index contributed by atoms with van der Waals surface area (Å²) in [5.41, 5.74) is 0.464. The van der Waals surface area contributed by atoms with Gasteiger partial charge in [-0.2, -0.15) is 5.10 Å². The van der Waals surface area contributed by atoms with Crippen LogP contribution in [0.1, 0.15) is 6.42 Å². The lowest BCUT2D eigenvalue weighted by Gasteiger charge is -2.08. The van der Waals surface area contributed by atoms with Crippen LogP contribution >= 0.6 is 15.9 Å². The molecule has 0 saturated heterocycles. The van der Waals surface area contributed by atoms with E-state index in [2.05, 4.69) is 31.3 Å². The van der Waals surface area contributed by atoms with Crippen molar-refractivity contribution in [3.8, 4) is 0 Å². The van der Waals surface area contributed by atoms with Crippen molar-refractivity contribution in [1.82, 2.24) is 14.8 Å². The van der Waals surface area contributed by atoms with Crippen LogP contribution in [0.3, 0.4) is 0 Å². The number of aryl methyl sites for hydroxylation is 1. The number of sulfonamides is 1. The molecule has 21 heavy (non-hydrogen) atoms. The SMILES string of the molecule is NS(=O)(=O)c1ccc(NC(=O)CCn2cncn2)c(Br)c1. The molecular weight excluding hydrogens is 362 g/mol. The molecule has 1 heterocycles. The Morgan fingerprint density at radius 2 is 2.19 bits per heavy atom. The van der Waals surface area contributed by atoms with Gasteiger partial charge in [0.2, 0.25) is 15.9 Å². The van der Waals surface area contributed by atoms with E-state index in [-0.39, 0.29) is 17.2 Å². The van der Waals surface area contributed by atoms with Crippen molar-refractivity contribution in [1.29, 1.82) is 0 Å². The zero-order chi connectivity index (χ0) is 15.5. The molecule has 0 radical (unpaired) electrons. The minimum Gasteiger partial charge on any atom is -0.325 e. The van der Waals surface area contributed by atoms with Gasteiger partial charge < -0.3 is 5.32 Å². The van der Waals surface area contributed by atoms with Gasteiger partial charge in [-0.3, -0.25) is 9.48 Å². The van der Waals surface area contributed by atoms with Crippen LogP contribution in [0.25, 0.3) is 0 Å². The summed E-state index contributed by atoms with van der Waals surface area (Å²) in [5, 5.41) is 11.6. The van der Waals surface area contributed by atoms with Crippen molar-refractivity contribution in [2.45, 2.75) is 17.9 Å². The number of primary sulfonamides is 1. The highest BCUT2D eigenvalue weighted by Crippen LogP contribution is 2.25. The fraction of sp³-hybridized carbons (Fsp3) is 0.182. The molecule has 0 aliphatic heterocycles. The maximum Gasteiger partial charge on any atom is 0.238 e. The van der Waals surface area contributed by atoms with E-state index in [4.69, 9.17) is 5.14 Å². The lowest BCUT2D eigenvalue weighted by atomic mass is 10.3. The first-order valence-corrected chi connectivity index (χ1v) is 8.15. The van der Waals surface area contributed by atoms with E-state index in [0.717, 1.165) is 0 Å². The van der Waals surface area contributed by atoms with Crippen molar-refractivity contribution in [3.63, 3.8) is 0 Å². The maximum absolute atomic E-state index is 11.8. The predicted molar refractivity (Wildman–Crippen MR) is 78.8 cm³/mol. The molecule has 0 bridgehead atoms. The number of benzene rings is 1. The Kier molecular flexibility index (Phi) is 4.70. The third-order valence-electron chi connectivity index (χ3n) is 2.58. The third-order valence-corrected chi connectivity index (χ3v) is 4.14. The van der Waals surface area contributed by atoms with Crippen molar-refractivity contribution in [3.05, 3.63) is 35.3 Å². The largest absolute Gasteiger partial charge is 0.325 e. The van der Waals surface area contributed by atoms with E-state index in [0.29, 0.717) is 16.7 Å². The first-order chi connectivity index (χ1) is 9.86. The van der Waals surface area contributed by atoms with Crippen molar-refractivity contribution < 1.29 is 13.2 Å². The van der Waals surface area contributed by atoms with Crippen LogP contribution in [0.4, 0.5) is 5.69 Å². The van der Waals surface area contributed by atoms with Gasteiger partial charge in [-0.15, -0.1) is 0 Å². The molecule has 112 valence electrons. The summed E-state index contributed by atoms with van der Waals surface area (Å²) >= 11 is 3.20. The van der Waals surface area contributed by atoms with E-state index in [1.54, 1.807) is 4.68 Å². The number of anilines is 1. The standard InChI is InChI=1S/C11H12BrN5O3S/c12-9-5-8(21(13,19)20)1-2-10(9)16-11(18)3-4-17-7-14-6-15-17/h1-2,5-7H,3-4H2,(H,16,18)(H2,13,19,20). The second kappa shape index (κ2) is 6.33. The smallest absolute Gasteiger partial charge is 0.238 e. The highest BCUT2D eigenvalue weighted by molar-refractivity contribution is 9.10. The first kappa shape index (κ1) is 15.6. The number of nitrogens with two attached hydrogens (primary N) is 1. The molecule has 0 spiro atoms. The van der Waals surface area contributed by atoms with Crippen LogP contribution in [0.15, 0.2) is 40.2 Å². The molecule has 3 N–H and O–H groups in total. The Bertz CT molecular complexity index is 745. The Morgan fingerprint density at radius 3 is 2.76 bits per heavy atom. The maximum atomic E-state index is 11.8. The number of hydrogen-bond donors (Lipinski definition) is 2. The van der Waals surface area contributed by atoms with E-state index >= 15 is 0 Å². The van der Waals surface area contributed by atoms with Crippen LogP contribution in [-0.4, -0.2) is 29.1 Å². The monoisotopic (exact) mass is 373 g/mol. The Morgan fingerprint density at radius 1 is 1.43 bits per heavy atom. The van der Waals surface area contributed by atoms with Gasteiger partial charge in [0.05, 0.1) is 17.1 Å². The number of aromatic nitrogens is 3. The quantitative estimate of drug-likeness (QED) is 0.799. The molecule has 1 amide bonds. The van der Waals surface area contributed by atoms with Gasteiger partial charge in [-0.1, -0.05) is 0 Å². The molecule has 0 saturated carbocycles. The van der Waals surface area contributed by atoms with E-state index in [1.165, 1.54) is 30.9 Å². The van der Waals surface area contributed by atoms with Crippen LogP contribution < -0.4 is 10.5 Å². The van der Waals surface area contributed by atoms with E-state index in [9.17, 15) is 13.2 Å². The second-order valence-electron chi connectivity index (χ2n) is 4.14. The van der Waals surface area contributed by atoms with Gasteiger partial charge in [0, 0.05) is 10.9 Å². The van der Waals surface area contributed by atoms with Crippen LogP contribution in [0.2, 0.25) is 0 Å². The molecular formula is C11H12BrN5O3S. The van der Waals surface area contributed by atoms with E-state index < -0.39 is 10.0 Å². The van der Waals surface area contributed by atoms with Gasteiger partial charge >= 0.3 is 0 Å². The molecule has 0 aliphatic carbocycles. The number of nitrogens with zero attached hydrogens (tertiary/aromatic N) is 3. The van der Waals surface area contributed by atoms with Gasteiger partial charge in [0.1, 0.15) is 12.7 Å².